The van der Waals surface area contributed by atoms with Gasteiger partial charge >= 0.3 is 0 Å². The van der Waals surface area contributed by atoms with Gasteiger partial charge < -0.3 is 10.1 Å². The fraction of sp³-hybridized carbons (Fsp3) is 0.429. The van der Waals surface area contributed by atoms with E-state index in [4.69, 9.17) is 11.6 Å². The molecule has 0 aromatic heterocycles. The number of hydrogen-bond donors (Lipinski definition) is 1. The first kappa shape index (κ1) is 13.1. The number of carbonyl (C=O) groups excluding carboxylic acids is 2. The lowest BCUT2D eigenvalue weighted by Gasteiger charge is -2.26. The van der Waals surface area contributed by atoms with Crippen LogP contribution >= 0.6 is 11.6 Å². The maximum atomic E-state index is 12.3. The minimum absolute atomic E-state index is 0.144. The third-order valence-corrected chi connectivity index (χ3v) is 3.73. The number of nitrogens with one attached hydrogen (secondary N) is 1. The minimum Gasteiger partial charge on any atom is -0.343 e. The maximum Gasteiger partial charge on any atom is 0.230 e. The van der Waals surface area contributed by atoms with Crippen LogP contribution in [0.1, 0.15) is 32.3 Å². The van der Waals surface area contributed by atoms with Gasteiger partial charge in [-0.25, -0.2) is 0 Å². The van der Waals surface area contributed by atoms with Crippen molar-refractivity contribution in [2.24, 2.45) is 0 Å². The van der Waals surface area contributed by atoms with Crippen molar-refractivity contribution in [1.29, 1.82) is 0 Å². The molecule has 1 fully saturated rings. The van der Waals surface area contributed by atoms with Crippen molar-refractivity contribution in [3.8, 4) is 0 Å². The van der Waals surface area contributed by atoms with Gasteiger partial charge in [0.15, 0.2) is 0 Å². The van der Waals surface area contributed by atoms with Gasteiger partial charge in [-0.2, -0.15) is 0 Å². The number of rotatable bonds is 4. The van der Waals surface area contributed by atoms with E-state index in [1.165, 1.54) is 0 Å². The van der Waals surface area contributed by atoms with E-state index in [0.717, 1.165) is 24.7 Å². The quantitative estimate of drug-likeness (QED) is 0.850. The van der Waals surface area contributed by atoms with Crippen molar-refractivity contribution >= 4 is 23.8 Å². The highest BCUT2D eigenvalue weighted by Crippen LogP contribution is 2.35. The Morgan fingerprint density at radius 1 is 1.44 bits per heavy atom. The highest BCUT2D eigenvalue weighted by Gasteiger charge is 2.46. The number of hydrogen-bond acceptors (Lipinski definition) is 2. The van der Waals surface area contributed by atoms with Crippen molar-refractivity contribution in [3.05, 3.63) is 34.9 Å². The molecule has 1 aromatic carbocycles. The Hall–Kier alpha value is -1.35. The molecule has 1 aliphatic carbocycles. The molecule has 0 saturated heterocycles. The Morgan fingerprint density at radius 3 is 2.61 bits per heavy atom. The zero-order valence-electron chi connectivity index (χ0n) is 10.5. The van der Waals surface area contributed by atoms with E-state index in [9.17, 15) is 9.59 Å². The molecule has 0 unspecified atom stereocenters. The molecule has 0 heterocycles. The van der Waals surface area contributed by atoms with Crippen LogP contribution in [0.3, 0.4) is 0 Å². The summed E-state index contributed by atoms with van der Waals surface area (Å²) in [5.41, 5.74) is -0.481. The summed E-state index contributed by atoms with van der Waals surface area (Å²) < 4.78 is 0. The molecule has 0 bridgehead atoms. The molecular formula is C14H16ClNO2. The van der Waals surface area contributed by atoms with Crippen LogP contribution in [0.5, 0.6) is 0 Å². The molecule has 0 aliphatic heterocycles. The highest BCUT2D eigenvalue weighted by molar-refractivity contribution is 6.30. The summed E-state index contributed by atoms with van der Waals surface area (Å²) in [5, 5.41) is 3.43. The first-order valence-electron chi connectivity index (χ1n) is 5.95. The van der Waals surface area contributed by atoms with E-state index in [2.05, 4.69) is 5.32 Å². The molecular weight excluding hydrogens is 250 g/mol. The largest absolute Gasteiger partial charge is 0.343 e. The zero-order valence-corrected chi connectivity index (χ0v) is 11.3. The predicted molar refractivity (Wildman–Crippen MR) is 70.6 cm³/mol. The second-order valence-corrected chi connectivity index (χ2v) is 5.80. The van der Waals surface area contributed by atoms with Crippen molar-refractivity contribution in [2.45, 2.75) is 37.6 Å². The summed E-state index contributed by atoms with van der Waals surface area (Å²) in [6, 6.07) is 7.24. The Morgan fingerprint density at radius 2 is 2.11 bits per heavy atom. The molecule has 1 N–H and O–H groups in total. The van der Waals surface area contributed by atoms with Gasteiger partial charge in [0.1, 0.15) is 6.29 Å². The maximum absolute atomic E-state index is 12.3. The normalized spacial score (nSPS) is 17.1. The summed E-state index contributed by atoms with van der Waals surface area (Å²) in [5.74, 6) is -0.144. The summed E-state index contributed by atoms with van der Waals surface area (Å²) >= 11 is 5.94. The molecule has 0 spiro atoms. The van der Waals surface area contributed by atoms with E-state index in [0.29, 0.717) is 5.02 Å². The molecule has 0 radical (unpaired) electrons. The molecule has 1 amide bonds. The van der Waals surface area contributed by atoms with Crippen LogP contribution in [0.25, 0.3) is 0 Å². The number of halogens is 1. The number of carbonyl (C=O) groups is 2. The molecule has 1 saturated carbocycles. The molecule has 2 rings (SSSR count). The van der Waals surface area contributed by atoms with Gasteiger partial charge in [0, 0.05) is 5.02 Å². The first-order chi connectivity index (χ1) is 8.39. The van der Waals surface area contributed by atoms with Crippen molar-refractivity contribution in [2.75, 3.05) is 0 Å². The standard InChI is InChI=1S/C14H16ClNO2/c1-13(2,10-4-3-5-11(15)8-10)12(18)16-14(9-17)6-7-14/h3-5,8-9H,6-7H2,1-2H3,(H,16,18). The van der Waals surface area contributed by atoms with E-state index < -0.39 is 11.0 Å². The molecule has 1 aromatic rings. The Bertz CT molecular complexity index is 492. The topological polar surface area (TPSA) is 46.2 Å². The van der Waals surface area contributed by atoms with Crippen molar-refractivity contribution in [3.63, 3.8) is 0 Å². The second kappa shape index (κ2) is 4.39. The fourth-order valence-electron chi connectivity index (χ4n) is 1.80. The highest BCUT2D eigenvalue weighted by atomic mass is 35.5. The monoisotopic (exact) mass is 265 g/mol. The SMILES string of the molecule is CC(C)(C(=O)NC1(C=O)CC1)c1cccc(Cl)c1. The third kappa shape index (κ3) is 2.41. The molecule has 3 nitrogen and oxygen atoms in total. The van der Waals surface area contributed by atoms with Gasteiger partial charge in [0.2, 0.25) is 5.91 Å². The van der Waals surface area contributed by atoms with E-state index >= 15 is 0 Å². The third-order valence-electron chi connectivity index (χ3n) is 3.49. The van der Waals surface area contributed by atoms with Gasteiger partial charge in [0.25, 0.3) is 0 Å². The van der Waals surface area contributed by atoms with Crippen LogP contribution in [-0.2, 0) is 15.0 Å². The lowest BCUT2D eigenvalue weighted by molar-refractivity contribution is -0.128. The molecule has 1 aliphatic rings. The van der Waals surface area contributed by atoms with Gasteiger partial charge in [-0.05, 0) is 44.4 Å². The smallest absolute Gasteiger partial charge is 0.230 e. The van der Waals surface area contributed by atoms with Crippen LogP contribution in [0.15, 0.2) is 24.3 Å². The minimum atomic E-state index is -0.705. The average molecular weight is 266 g/mol. The van der Waals surface area contributed by atoms with Gasteiger partial charge in [-0.3, -0.25) is 4.79 Å². The number of benzene rings is 1. The first-order valence-corrected chi connectivity index (χ1v) is 6.32. The van der Waals surface area contributed by atoms with Gasteiger partial charge in [-0.15, -0.1) is 0 Å². The van der Waals surface area contributed by atoms with E-state index in [1.807, 2.05) is 26.0 Å². The van der Waals surface area contributed by atoms with Crippen LogP contribution in [0.4, 0.5) is 0 Å². The van der Waals surface area contributed by atoms with Gasteiger partial charge in [-0.1, -0.05) is 23.7 Å². The lowest BCUT2D eigenvalue weighted by atomic mass is 9.83. The Kier molecular flexibility index (Phi) is 3.20. The van der Waals surface area contributed by atoms with E-state index in [1.54, 1.807) is 12.1 Å². The summed E-state index contributed by atoms with van der Waals surface area (Å²) in [6.07, 6.45) is 2.29. The second-order valence-electron chi connectivity index (χ2n) is 5.36. The van der Waals surface area contributed by atoms with Crippen LogP contribution in [0, 0.1) is 0 Å². The van der Waals surface area contributed by atoms with Crippen molar-refractivity contribution < 1.29 is 9.59 Å². The van der Waals surface area contributed by atoms with Crippen molar-refractivity contribution in [1.82, 2.24) is 5.32 Å². The summed E-state index contributed by atoms with van der Waals surface area (Å²) in [6.45, 7) is 3.66. The lowest BCUT2D eigenvalue weighted by Crippen LogP contribution is -2.47. The zero-order chi connectivity index (χ0) is 13.4. The Labute approximate surface area is 112 Å². The van der Waals surface area contributed by atoms with Crippen LogP contribution < -0.4 is 5.32 Å². The summed E-state index contributed by atoms with van der Waals surface area (Å²) in [7, 11) is 0. The average Bonchev–Trinajstić information content (AvgIpc) is 3.09. The van der Waals surface area contributed by atoms with Gasteiger partial charge in [0.05, 0.1) is 11.0 Å². The molecule has 96 valence electrons. The molecule has 0 atom stereocenters. The predicted octanol–water partition coefficient (Wildman–Crippen LogP) is 2.47. The van der Waals surface area contributed by atoms with E-state index in [-0.39, 0.29) is 5.91 Å². The van der Waals surface area contributed by atoms with Crippen LogP contribution in [-0.4, -0.2) is 17.7 Å². The fourth-order valence-corrected chi connectivity index (χ4v) is 1.99. The molecule has 4 heteroatoms. The molecule has 18 heavy (non-hydrogen) atoms. The van der Waals surface area contributed by atoms with Crippen LogP contribution in [0.2, 0.25) is 5.02 Å². The summed E-state index contributed by atoms with van der Waals surface area (Å²) in [4.78, 5) is 23.2. The number of aldehydes is 1. The Balaban J connectivity index is 2.20. The number of amides is 1.